The molecule has 0 aliphatic rings. The van der Waals surface area contributed by atoms with Crippen molar-refractivity contribution in [2.75, 3.05) is 6.61 Å². The van der Waals surface area contributed by atoms with E-state index in [-0.39, 0.29) is 44.0 Å². The number of aldehydes is 1. The van der Waals surface area contributed by atoms with Gasteiger partial charge in [-0.05, 0) is 0 Å². The molecule has 12 heavy (non-hydrogen) atoms. The van der Waals surface area contributed by atoms with Gasteiger partial charge in [-0.3, -0.25) is 0 Å². The van der Waals surface area contributed by atoms with Crippen LogP contribution in [-0.4, -0.2) is 24.1 Å². The normalized spacial score (nSPS) is 12.2. The van der Waals surface area contributed by atoms with Crippen molar-refractivity contribution in [3.63, 3.8) is 0 Å². The molecule has 1 atom stereocenters. The molecule has 0 saturated heterocycles. The number of hydrogen-bond donors (Lipinski definition) is 1. The van der Waals surface area contributed by atoms with Gasteiger partial charge in [-0.2, -0.15) is 0 Å². The molecule has 9 heteroatoms. The number of phosphoric ester groups is 1. The Bertz CT molecular complexity index is 157. The Hall–Kier alpha value is 0.935. The summed E-state index contributed by atoms with van der Waals surface area (Å²) in [5.74, 6) is 0. The molecule has 0 fully saturated rings. The van der Waals surface area contributed by atoms with Gasteiger partial charge >= 0.3 is 37.7 Å². The van der Waals surface area contributed by atoms with Gasteiger partial charge in [0, 0.05) is 0 Å². The average molecular weight is 182 g/mol. The topological polar surface area (TPSA) is 110 Å². The minimum atomic E-state index is -5.05. The molecule has 0 aromatic carbocycles. The smallest absolute Gasteiger partial charge is 0.790 e. The van der Waals surface area contributed by atoms with E-state index in [1.165, 1.54) is 0 Å². The molecule has 0 radical (unpaired) electrons. The van der Waals surface area contributed by atoms with Crippen molar-refractivity contribution < 1.29 is 66.5 Å². The number of rotatable bonds is 4. The first-order chi connectivity index (χ1) is 4.45. The van der Waals surface area contributed by atoms with Crippen LogP contribution in [-0.2, 0) is 13.9 Å². The Kier molecular flexibility index (Phi) is 13.3. The van der Waals surface area contributed by atoms with Crippen LogP contribution in [0, 0.1) is 0 Å². The number of aliphatic hydroxyl groups is 1. The van der Waals surface area contributed by atoms with Crippen LogP contribution in [0.1, 0.15) is 0 Å². The second kappa shape index (κ2) is 8.53. The van der Waals surface area contributed by atoms with Crippen molar-refractivity contribution in [2.45, 2.75) is 6.10 Å². The number of aliphatic hydroxyl groups excluding tert-OH is 1. The van der Waals surface area contributed by atoms with Gasteiger partial charge in [0.2, 0.25) is 0 Å². The first-order valence-corrected chi connectivity index (χ1v) is 3.72. The standard InChI is InChI=1S/C3H7O6P.2Li/c4-1-3(5)2-9-10(6,7)8;;/h1,3,5H,2H2,(H2,6,7,8);;/q;2*+1/p-2. The summed E-state index contributed by atoms with van der Waals surface area (Å²) in [6, 6.07) is 0. The molecule has 1 unspecified atom stereocenters. The maximum Gasteiger partial charge on any atom is 1.00 e. The van der Waals surface area contributed by atoms with Crippen molar-refractivity contribution in [1.29, 1.82) is 0 Å². The summed E-state index contributed by atoms with van der Waals surface area (Å²) in [6.45, 7) is -0.812. The largest absolute Gasteiger partial charge is 1.00 e. The molecule has 0 bridgehead atoms. The van der Waals surface area contributed by atoms with Crippen molar-refractivity contribution in [3.8, 4) is 0 Å². The summed E-state index contributed by atoms with van der Waals surface area (Å²) >= 11 is 0. The minimum Gasteiger partial charge on any atom is -0.790 e. The number of carbonyl (C=O) groups excluding carboxylic acids is 1. The maximum absolute atomic E-state index is 9.67. The monoisotopic (exact) mass is 182 g/mol. The van der Waals surface area contributed by atoms with Gasteiger partial charge in [-0.25, -0.2) is 0 Å². The van der Waals surface area contributed by atoms with E-state index in [9.17, 15) is 19.1 Å². The van der Waals surface area contributed by atoms with E-state index in [1.54, 1.807) is 0 Å². The molecule has 0 spiro atoms. The summed E-state index contributed by atoms with van der Waals surface area (Å²) < 4.78 is 13.2. The van der Waals surface area contributed by atoms with Crippen molar-refractivity contribution in [3.05, 3.63) is 0 Å². The fourth-order valence-corrected chi connectivity index (χ4v) is 0.542. The van der Waals surface area contributed by atoms with Crippen LogP contribution in [0.5, 0.6) is 0 Å². The first kappa shape index (κ1) is 18.7. The van der Waals surface area contributed by atoms with Gasteiger partial charge in [-0.1, -0.05) is 0 Å². The van der Waals surface area contributed by atoms with Crippen molar-refractivity contribution in [1.82, 2.24) is 0 Å². The molecule has 0 aliphatic heterocycles. The third-order valence-electron chi connectivity index (χ3n) is 0.560. The minimum absolute atomic E-state index is 0. The Morgan fingerprint density at radius 3 is 2.17 bits per heavy atom. The van der Waals surface area contributed by atoms with E-state index in [1.807, 2.05) is 0 Å². The predicted molar refractivity (Wildman–Crippen MR) is 25.6 cm³/mol. The Morgan fingerprint density at radius 1 is 1.50 bits per heavy atom. The van der Waals surface area contributed by atoms with Gasteiger partial charge < -0.3 is 28.8 Å². The van der Waals surface area contributed by atoms with Gasteiger partial charge in [0.25, 0.3) is 0 Å². The van der Waals surface area contributed by atoms with E-state index >= 15 is 0 Å². The summed E-state index contributed by atoms with van der Waals surface area (Å²) in [5.41, 5.74) is 0. The fraction of sp³-hybridized carbons (Fsp3) is 0.667. The number of phosphoric acid groups is 1. The fourth-order valence-electron chi connectivity index (χ4n) is 0.207. The Labute approximate surface area is 93.3 Å². The molecule has 0 aromatic heterocycles. The number of carbonyl (C=O) groups is 1. The number of hydrogen-bond acceptors (Lipinski definition) is 6. The summed E-state index contributed by atoms with van der Waals surface area (Å²) in [4.78, 5) is 28.9. The maximum atomic E-state index is 9.67. The molecule has 60 valence electrons. The van der Waals surface area contributed by atoms with Gasteiger partial charge in [0.1, 0.15) is 6.10 Å². The van der Waals surface area contributed by atoms with Gasteiger partial charge in [0.15, 0.2) is 6.29 Å². The van der Waals surface area contributed by atoms with Crippen LogP contribution in [0.4, 0.5) is 0 Å². The van der Waals surface area contributed by atoms with E-state index in [0.717, 1.165) is 0 Å². The zero-order valence-corrected chi connectivity index (χ0v) is 7.69. The zero-order chi connectivity index (χ0) is 8.20. The first-order valence-electron chi connectivity index (χ1n) is 2.25. The molecule has 0 heterocycles. The summed E-state index contributed by atoms with van der Waals surface area (Å²) in [7, 11) is -5.05. The Balaban J connectivity index is -0.000000405. The van der Waals surface area contributed by atoms with E-state index in [2.05, 4.69) is 4.52 Å². The summed E-state index contributed by atoms with van der Waals surface area (Å²) in [5, 5.41) is 8.33. The van der Waals surface area contributed by atoms with Crippen LogP contribution in [0.2, 0.25) is 0 Å². The van der Waals surface area contributed by atoms with Gasteiger partial charge in [0.05, 0.1) is 14.4 Å². The molecule has 0 amide bonds. The molecular formula is C3H5Li2O6P. The second-order valence-electron chi connectivity index (χ2n) is 1.45. The molecule has 0 aliphatic carbocycles. The molecule has 6 nitrogen and oxygen atoms in total. The molecule has 0 aromatic rings. The quantitative estimate of drug-likeness (QED) is 0.262. The van der Waals surface area contributed by atoms with Crippen molar-refractivity contribution in [2.24, 2.45) is 0 Å². The van der Waals surface area contributed by atoms with Crippen LogP contribution in [0.15, 0.2) is 0 Å². The van der Waals surface area contributed by atoms with E-state index < -0.39 is 20.5 Å². The summed E-state index contributed by atoms with van der Waals surface area (Å²) in [6.07, 6.45) is -1.49. The van der Waals surface area contributed by atoms with Crippen LogP contribution in [0.3, 0.4) is 0 Å². The predicted octanol–water partition coefficient (Wildman–Crippen LogP) is -8.60. The molecular weight excluding hydrogens is 177 g/mol. The Morgan fingerprint density at radius 2 is 1.92 bits per heavy atom. The second-order valence-corrected chi connectivity index (χ2v) is 2.60. The average Bonchev–Trinajstić information content (AvgIpc) is 1.81. The zero-order valence-electron chi connectivity index (χ0n) is 6.80. The SMILES string of the molecule is O=CC(O)COP(=O)([O-])[O-].[Li+].[Li+]. The third-order valence-corrected chi connectivity index (χ3v) is 1.03. The molecule has 0 rings (SSSR count). The third kappa shape index (κ3) is 13.5. The van der Waals surface area contributed by atoms with E-state index in [4.69, 9.17) is 5.11 Å². The molecule has 0 saturated carbocycles. The van der Waals surface area contributed by atoms with Crippen LogP contribution in [0.25, 0.3) is 0 Å². The van der Waals surface area contributed by atoms with Crippen molar-refractivity contribution >= 4 is 14.1 Å². The molecule has 1 N–H and O–H groups in total. The van der Waals surface area contributed by atoms with Gasteiger partial charge in [-0.15, -0.1) is 0 Å². The van der Waals surface area contributed by atoms with Crippen LogP contribution < -0.4 is 47.5 Å². The van der Waals surface area contributed by atoms with E-state index in [0.29, 0.717) is 0 Å². The van der Waals surface area contributed by atoms with Crippen LogP contribution >= 0.6 is 7.82 Å².